The summed E-state index contributed by atoms with van der Waals surface area (Å²) in [6, 6.07) is 18.7. The molecular weight excluding hydrogens is 298 g/mol. The van der Waals surface area contributed by atoms with Crippen molar-refractivity contribution in [2.75, 3.05) is 6.54 Å². The van der Waals surface area contributed by atoms with Crippen LogP contribution in [0.25, 0.3) is 21.5 Å². The molecule has 1 fully saturated rings. The molecule has 1 unspecified atom stereocenters. The molecule has 3 heteroatoms. The molecule has 0 spiro atoms. The average molecular weight is 319 g/mol. The third-order valence-electron chi connectivity index (χ3n) is 5.13. The predicted molar refractivity (Wildman–Crippen MR) is 97.1 cm³/mol. The normalized spacial score (nSPS) is 18.9. The number of carboxylic acids is 1. The minimum absolute atomic E-state index is 0.357. The van der Waals surface area contributed by atoms with E-state index in [4.69, 9.17) is 0 Å². The van der Waals surface area contributed by atoms with Gasteiger partial charge >= 0.3 is 5.97 Å². The van der Waals surface area contributed by atoms with Crippen molar-refractivity contribution in [2.24, 2.45) is 0 Å². The van der Waals surface area contributed by atoms with Gasteiger partial charge in [-0.25, -0.2) is 0 Å². The van der Waals surface area contributed by atoms with Gasteiger partial charge in [0.25, 0.3) is 0 Å². The van der Waals surface area contributed by atoms with Crippen molar-refractivity contribution in [3.05, 3.63) is 60.2 Å². The first-order chi connectivity index (χ1) is 11.7. The van der Waals surface area contributed by atoms with E-state index in [0.29, 0.717) is 6.54 Å². The molecule has 1 saturated heterocycles. The topological polar surface area (TPSA) is 40.5 Å². The van der Waals surface area contributed by atoms with Gasteiger partial charge < -0.3 is 5.11 Å². The molecule has 3 aromatic carbocycles. The molecule has 24 heavy (non-hydrogen) atoms. The number of nitrogens with zero attached hydrogens (tertiary/aromatic N) is 1. The van der Waals surface area contributed by atoms with Crippen molar-refractivity contribution < 1.29 is 9.90 Å². The van der Waals surface area contributed by atoms with Gasteiger partial charge in [-0.15, -0.1) is 0 Å². The lowest BCUT2D eigenvalue weighted by atomic mass is 9.95. The van der Waals surface area contributed by atoms with Crippen molar-refractivity contribution in [2.45, 2.75) is 31.8 Å². The van der Waals surface area contributed by atoms with E-state index >= 15 is 0 Å². The summed E-state index contributed by atoms with van der Waals surface area (Å²) in [7, 11) is 0. The van der Waals surface area contributed by atoms with Crippen LogP contribution in [0.15, 0.2) is 54.6 Å². The zero-order valence-electron chi connectivity index (χ0n) is 13.6. The van der Waals surface area contributed by atoms with Gasteiger partial charge in [0.15, 0.2) is 0 Å². The lowest BCUT2D eigenvalue weighted by molar-refractivity contribution is -0.144. The van der Waals surface area contributed by atoms with E-state index in [1.807, 2.05) is 0 Å². The van der Waals surface area contributed by atoms with Crippen LogP contribution >= 0.6 is 0 Å². The van der Waals surface area contributed by atoms with Gasteiger partial charge in [0.2, 0.25) is 0 Å². The second kappa shape index (κ2) is 6.25. The number of carboxylic acid groups (broad SMARTS) is 1. The second-order valence-electron chi connectivity index (χ2n) is 6.62. The summed E-state index contributed by atoms with van der Waals surface area (Å²) >= 11 is 0. The number of carbonyl (C=O) groups is 1. The van der Waals surface area contributed by atoms with Crippen LogP contribution in [0.5, 0.6) is 0 Å². The van der Waals surface area contributed by atoms with Gasteiger partial charge in [-0.3, -0.25) is 9.69 Å². The lowest BCUT2D eigenvalue weighted by Gasteiger charge is -2.33. The molecular formula is C21H21NO2. The maximum Gasteiger partial charge on any atom is 0.320 e. The van der Waals surface area contributed by atoms with Crippen molar-refractivity contribution in [3.8, 4) is 0 Å². The molecule has 0 saturated carbocycles. The van der Waals surface area contributed by atoms with E-state index in [2.05, 4.69) is 59.5 Å². The molecule has 0 aromatic heterocycles. The molecule has 0 radical (unpaired) electrons. The molecule has 3 aromatic rings. The Kier molecular flexibility index (Phi) is 3.95. The van der Waals surface area contributed by atoms with Crippen LogP contribution < -0.4 is 0 Å². The van der Waals surface area contributed by atoms with Gasteiger partial charge in [-0.05, 0) is 52.6 Å². The Morgan fingerprint density at radius 1 is 1.00 bits per heavy atom. The SMILES string of the molecule is O=C(O)C1CCCCN1Cc1cc2ccccc2c2ccccc12. The van der Waals surface area contributed by atoms with E-state index in [1.165, 1.54) is 27.1 Å². The average Bonchev–Trinajstić information content (AvgIpc) is 2.62. The van der Waals surface area contributed by atoms with Crippen molar-refractivity contribution in [3.63, 3.8) is 0 Å². The molecule has 1 heterocycles. The number of hydrogen-bond donors (Lipinski definition) is 1. The van der Waals surface area contributed by atoms with E-state index < -0.39 is 5.97 Å². The fourth-order valence-corrected chi connectivity index (χ4v) is 3.94. The number of hydrogen-bond acceptors (Lipinski definition) is 2. The highest BCUT2D eigenvalue weighted by molar-refractivity contribution is 6.08. The van der Waals surface area contributed by atoms with Gasteiger partial charge in [-0.1, -0.05) is 55.0 Å². The zero-order valence-corrected chi connectivity index (χ0v) is 13.6. The molecule has 0 amide bonds. The summed E-state index contributed by atoms with van der Waals surface area (Å²) in [6.07, 6.45) is 2.84. The van der Waals surface area contributed by atoms with E-state index in [0.717, 1.165) is 25.8 Å². The Morgan fingerprint density at radius 3 is 2.50 bits per heavy atom. The van der Waals surface area contributed by atoms with Crippen LogP contribution in [0.1, 0.15) is 24.8 Å². The number of fused-ring (bicyclic) bond motifs is 3. The maximum atomic E-state index is 11.6. The lowest BCUT2D eigenvalue weighted by Crippen LogP contribution is -2.44. The van der Waals surface area contributed by atoms with Crippen LogP contribution in [-0.2, 0) is 11.3 Å². The van der Waals surface area contributed by atoms with E-state index in [-0.39, 0.29) is 6.04 Å². The summed E-state index contributed by atoms with van der Waals surface area (Å²) in [5.74, 6) is -0.695. The van der Waals surface area contributed by atoms with Crippen LogP contribution in [-0.4, -0.2) is 28.6 Å². The highest BCUT2D eigenvalue weighted by Gasteiger charge is 2.28. The first-order valence-corrected chi connectivity index (χ1v) is 8.60. The van der Waals surface area contributed by atoms with Crippen LogP contribution in [0.3, 0.4) is 0 Å². The molecule has 0 bridgehead atoms. The van der Waals surface area contributed by atoms with Gasteiger partial charge in [0.1, 0.15) is 6.04 Å². The summed E-state index contributed by atoms with van der Waals surface area (Å²) in [5.41, 5.74) is 1.22. The number of piperidine rings is 1. The van der Waals surface area contributed by atoms with Crippen molar-refractivity contribution in [1.29, 1.82) is 0 Å². The van der Waals surface area contributed by atoms with E-state index in [1.54, 1.807) is 0 Å². The Labute approximate surface area is 141 Å². The van der Waals surface area contributed by atoms with Crippen molar-refractivity contribution >= 4 is 27.5 Å². The number of benzene rings is 3. The summed E-state index contributed by atoms with van der Waals surface area (Å²) in [4.78, 5) is 13.7. The number of aliphatic carboxylic acids is 1. The zero-order chi connectivity index (χ0) is 16.5. The highest BCUT2D eigenvalue weighted by atomic mass is 16.4. The molecule has 1 N–H and O–H groups in total. The minimum Gasteiger partial charge on any atom is -0.480 e. The summed E-state index contributed by atoms with van der Waals surface area (Å²) in [6.45, 7) is 1.56. The smallest absolute Gasteiger partial charge is 0.320 e. The monoisotopic (exact) mass is 319 g/mol. The first-order valence-electron chi connectivity index (χ1n) is 8.60. The minimum atomic E-state index is -0.695. The van der Waals surface area contributed by atoms with Crippen LogP contribution in [0.2, 0.25) is 0 Å². The number of rotatable bonds is 3. The Bertz CT molecular complexity index is 903. The Morgan fingerprint density at radius 2 is 1.71 bits per heavy atom. The van der Waals surface area contributed by atoms with Gasteiger partial charge in [0.05, 0.1) is 0 Å². The molecule has 1 aliphatic heterocycles. The third kappa shape index (κ3) is 2.65. The second-order valence-corrected chi connectivity index (χ2v) is 6.62. The molecule has 0 aliphatic carbocycles. The third-order valence-corrected chi connectivity index (χ3v) is 5.13. The Balaban J connectivity index is 1.81. The highest BCUT2D eigenvalue weighted by Crippen LogP contribution is 2.30. The summed E-state index contributed by atoms with van der Waals surface area (Å²) < 4.78 is 0. The largest absolute Gasteiger partial charge is 0.480 e. The molecule has 3 nitrogen and oxygen atoms in total. The van der Waals surface area contributed by atoms with Gasteiger partial charge in [0, 0.05) is 6.54 Å². The van der Waals surface area contributed by atoms with Crippen LogP contribution in [0, 0.1) is 0 Å². The molecule has 122 valence electrons. The molecule has 1 atom stereocenters. The summed E-state index contributed by atoms with van der Waals surface area (Å²) in [5, 5.41) is 14.5. The maximum absolute atomic E-state index is 11.6. The fourth-order valence-electron chi connectivity index (χ4n) is 3.94. The predicted octanol–water partition coefficient (Wildman–Crippen LogP) is 4.43. The molecule has 4 rings (SSSR count). The first kappa shape index (κ1) is 15.2. The number of likely N-dealkylation sites (tertiary alicyclic amines) is 1. The Hall–Kier alpha value is -2.39. The van der Waals surface area contributed by atoms with Gasteiger partial charge in [-0.2, -0.15) is 0 Å². The van der Waals surface area contributed by atoms with Crippen molar-refractivity contribution in [1.82, 2.24) is 4.90 Å². The molecule has 1 aliphatic rings. The fraction of sp³-hybridized carbons (Fsp3) is 0.286. The quantitative estimate of drug-likeness (QED) is 0.726. The standard InChI is InChI=1S/C21H21NO2/c23-21(24)20-11-5-6-12-22(20)14-16-13-15-7-1-2-8-17(15)19-10-4-3-9-18(16)19/h1-4,7-10,13,20H,5-6,11-12,14H2,(H,23,24). The van der Waals surface area contributed by atoms with Crippen LogP contribution in [0.4, 0.5) is 0 Å². The van der Waals surface area contributed by atoms with E-state index in [9.17, 15) is 9.90 Å².